The van der Waals surface area contributed by atoms with E-state index in [4.69, 9.17) is 19.5 Å². The van der Waals surface area contributed by atoms with Crippen molar-refractivity contribution < 1.29 is 19.0 Å². The maximum absolute atomic E-state index is 11.4. The maximum Gasteiger partial charge on any atom is 0.344 e. The minimum absolute atomic E-state index is 0.245. The van der Waals surface area contributed by atoms with E-state index < -0.39 is 5.97 Å². The monoisotopic (exact) mass is 311 g/mol. The van der Waals surface area contributed by atoms with Crippen molar-refractivity contribution in [2.24, 2.45) is 0 Å². The average Bonchev–Trinajstić information content (AvgIpc) is 2.59. The first-order valence-electron chi connectivity index (χ1n) is 7.22. The van der Waals surface area contributed by atoms with Crippen LogP contribution in [0.5, 0.6) is 11.5 Å². The lowest BCUT2D eigenvalue weighted by Gasteiger charge is -2.11. The minimum Gasteiger partial charge on any atom is -0.489 e. The van der Waals surface area contributed by atoms with Crippen molar-refractivity contribution in [2.75, 3.05) is 13.2 Å². The minimum atomic E-state index is -0.480. The predicted octanol–water partition coefficient (Wildman–Crippen LogP) is 3.08. The summed E-state index contributed by atoms with van der Waals surface area (Å²) < 4.78 is 15.8. The number of nitriles is 1. The van der Waals surface area contributed by atoms with Crippen LogP contribution in [0, 0.1) is 11.3 Å². The molecule has 23 heavy (non-hydrogen) atoms. The van der Waals surface area contributed by atoms with Crippen LogP contribution in [-0.2, 0) is 16.1 Å². The van der Waals surface area contributed by atoms with Crippen LogP contribution in [-0.4, -0.2) is 19.2 Å². The van der Waals surface area contributed by atoms with Gasteiger partial charge in [0.1, 0.15) is 24.2 Å². The van der Waals surface area contributed by atoms with Crippen molar-refractivity contribution in [1.82, 2.24) is 0 Å². The molecule has 0 unspecified atom stereocenters. The van der Waals surface area contributed by atoms with Crippen molar-refractivity contribution in [2.45, 2.75) is 13.5 Å². The molecule has 2 aromatic rings. The van der Waals surface area contributed by atoms with E-state index in [1.807, 2.05) is 36.4 Å². The lowest BCUT2D eigenvalue weighted by atomic mass is 10.2. The van der Waals surface area contributed by atoms with Crippen LogP contribution in [0.3, 0.4) is 0 Å². The lowest BCUT2D eigenvalue weighted by Crippen LogP contribution is -2.15. The van der Waals surface area contributed by atoms with Crippen LogP contribution in [0.15, 0.2) is 48.5 Å². The van der Waals surface area contributed by atoms with Crippen molar-refractivity contribution in [3.05, 3.63) is 59.7 Å². The molecule has 0 N–H and O–H groups in total. The van der Waals surface area contributed by atoms with Crippen molar-refractivity contribution >= 4 is 5.97 Å². The zero-order chi connectivity index (χ0) is 16.5. The molecular weight excluding hydrogens is 294 g/mol. The van der Waals surface area contributed by atoms with Crippen LogP contribution in [0.25, 0.3) is 0 Å². The van der Waals surface area contributed by atoms with Gasteiger partial charge in [0.05, 0.1) is 12.2 Å². The van der Waals surface area contributed by atoms with Crippen LogP contribution in [0.4, 0.5) is 0 Å². The molecule has 5 heteroatoms. The van der Waals surface area contributed by atoms with Gasteiger partial charge in [-0.2, -0.15) is 5.26 Å². The SMILES string of the molecule is CCOC(=O)COc1cc(OCc2ccccc2)ccc1C#N. The van der Waals surface area contributed by atoms with E-state index in [2.05, 4.69) is 0 Å². The van der Waals surface area contributed by atoms with Gasteiger partial charge in [-0.3, -0.25) is 0 Å². The topological polar surface area (TPSA) is 68.6 Å². The van der Waals surface area contributed by atoms with E-state index in [1.165, 1.54) is 0 Å². The van der Waals surface area contributed by atoms with E-state index in [-0.39, 0.29) is 13.2 Å². The first-order valence-corrected chi connectivity index (χ1v) is 7.22. The molecule has 0 aliphatic rings. The molecule has 2 aromatic carbocycles. The number of hydrogen-bond acceptors (Lipinski definition) is 5. The number of ether oxygens (including phenoxy) is 3. The van der Waals surface area contributed by atoms with Crippen molar-refractivity contribution in [1.29, 1.82) is 5.26 Å². The summed E-state index contributed by atoms with van der Waals surface area (Å²) in [4.78, 5) is 11.4. The number of hydrogen-bond donors (Lipinski definition) is 0. The first kappa shape index (κ1) is 16.4. The molecule has 0 saturated carbocycles. The standard InChI is InChI=1S/C18H17NO4/c1-2-21-18(20)13-23-17-10-16(9-8-15(17)11-19)22-12-14-6-4-3-5-7-14/h3-10H,2,12-13H2,1H3. The second-order valence-corrected chi connectivity index (χ2v) is 4.64. The van der Waals surface area contributed by atoms with E-state index in [0.29, 0.717) is 23.7 Å². The molecule has 2 rings (SSSR count). The molecule has 0 spiro atoms. The van der Waals surface area contributed by atoms with Gasteiger partial charge < -0.3 is 14.2 Å². The fourth-order valence-corrected chi connectivity index (χ4v) is 1.88. The summed E-state index contributed by atoms with van der Waals surface area (Å²) in [5.74, 6) is 0.379. The summed E-state index contributed by atoms with van der Waals surface area (Å²) in [6.07, 6.45) is 0. The molecule has 0 aliphatic heterocycles. The molecule has 0 bridgehead atoms. The van der Waals surface area contributed by atoms with Gasteiger partial charge in [-0.15, -0.1) is 0 Å². The highest BCUT2D eigenvalue weighted by Gasteiger charge is 2.09. The van der Waals surface area contributed by atoms with Gasteiger partial charge in [0.25, 0.3) is 0 Å². The zero-order valence-electron chi connectivity index (χ0n) is 12.8. The van der Waals surface area contributed by atoms with E-state index in [0.717, 1.165) is 5.56 Å². The molecule has 0 saturated heterocycles. The van der Waals surface area contributed by atoms with Gasteiger partial charge in [0, 0.05) is 6.07 Å². The van der Waals surface area contributed by atoms with Gasteiger partial charge >= 0.3 is 5.97 Å². The fourth-order valence-electron chi connectivity index (χ4n) is 1.88. The molecule has 0 amide bonds. The molecule has 0 radical (unpaired) electrons. The number of nitrogens with zero attached hydrogens (tertiary/aromatic N) is 1. The van der Waals surface area contributed by atoms with Crippen LogP contribution >= 0.6 is 0 Å². The normalized spacial score (nSPS) is 9.74. The summed E-state index contributed by atoms with van der Waals surface area (Å²) in [6, 6.07) is 16.6. The van der Waals surface area contributed by atoms with Gasteiger partial charge in [0.2, 0.25) is 0 Å². The summed E-state index contributed by atoms with van der Waals surface area (Å²) in [5.41, 5.74) is 1.37. The highest BCUT2D eigenvalue weighted by atomic mass is 16.6. The third-order valence-electron chi connectivity index (χ3n) is 2.97. The van der Waals surface area contributed by atoms with E-state index in [9.17, 15) is 4.79 Å². The average molecular weight is 311 g/mol. The Hall–Kier alpha value is -3.00. The third-order valence-corrected chi connectivity index (χ3v) is 2.97. The van der Waals surface area contributed by atoms with Gasteiger partial charge in [-0.1, -0.05) is 30.3 Å². The van der Waals surface area contributed by atoms with Crippen LogP contribution < -0.4 is 9.47 Å². The smallest absolute Gasteiger partial charge is 0.344 e. The molecule has 118 valence electrons. The Morgan fingerprint density at radius 3 is 2.61 bits per heavy atom. The van der Waals surface area contributed by atoms with Gasteiger partial charge in [0.15, 0.2) is 6.61 Å². The Balaban J connectivity index is 2.03. The fraction of sp³-hybridized carbons (Fsp3) is 0.222. The molecule has 5 nitrogen and oxygen atoms in total. The molecule has 0 atom stereocenters. The number of rotatable bonds is 7. The second kappa shape index (κ2) is 8.44. The predicted molar refractivity (Wildman–Crippen MR) is 84.1 cm³/mol. The highest BCUT2D eigenvalue weighted by Crippen LogP contribution is 2.25. The van der Waals surface area contributed by atoms with Crippen LogP contribution in [0.2, 0.25) is 0 Å². The summed E-state index contributed by atoms with van der Waals surface area (Å²) >= 11 is 0. The number of carbonyl (C=O) groups is 1. The number of esters is 1. The molecule has 0 heterocycles. The second-order valence-electron chi connectivity index (χ2n) is 4.64. The Morgan fingerprint density at radius 1 is 1.13 bits per heavy atom. The van der Waals surface area contributed by atoms with E-state index in [1.54, 1.807) is 25.1 Å². The van der Waals surface area contributed by atoms with Gasteiger partial charge in [-0.25, -0.2) is 4.79 Å². The Kier molecular flexibility index (Phi) is 6.01. The zero-order valence-corrected chi connectivity index (χ0v) is 12.8. The Labute approximate surface area is 135 Å². The number of carbonyl (C=O) groups excluding carboxylic acids is 1. The Bertz CT molecular complexity index is 692. The largest absolute Gasteiger partial charge is 0.489 e. The van der Waals surface area contributed by atoms with Gasteiger partial charge in [-0.05, 0) is 24.6 Å². The summed E-state index contributed by atoms with van der Waals surface area (Å²) in [6.45, 7) is 2.17. The van der Waals surface area contributed by atoms with Crippen molar-refractivity contribution in [3.8, 4) is 17.6 Å². The molecular formula is C18H17NO4. The third kappa shape index (κ3) is 5.04. The molecule has 0 aliphatic carbocycles. The highest BCUT2D eigenvalue weighted by molar-refractivity contribution is 5.71. The first-order chi connectivity index (χ1) is 11.2. The quantitative estimate of drug-likeness (QED) is 0.735. The maximum atomic E-state index is 11.4. The molecule has 0 fully saturated rings. The Morgan fingerprint density at radius 2 is 1.91 bits per heavy atom. The van der Waals surface area contributed by atoms with E-state index >= 15 is 0 Å². The lowest BCUT2D eigenvalue weighted by molar-refractivity contribution is -0.145. The summed E-state index contributed by atoms with van der Waals surface area (Å²) in [5, 5.41) is 9.10. The van der Waals surface area contributed by atoms with Crippen LogP contribution in [0.1, 0.15) is 18.1 Å². The van der Waals surface area contributed by atoms with Crippen molar-refractivity contribution in [3.63, 3.8) is 0 Å². The number of benzene rings is 2. The molecule has 0 aromatic heterocycles. The summed E-state index contributed by atoms with van der Waals surface area (Å²) in [7, 11) is 0.